The highest BCUT2D eigenvalue weighted by Crippen LogP contribution is 1.94. The van der Waals surface area contributed by atoms with Crippen LogP contribution in [0.15, 0.2) is 4.99 Å². The number of amidine groups is 1. The summed E-state index contributed by atoms with van der Waals surface area (Å²) in [5.74, 6) is -0.327. The summed E-state index contributed by atoms with van der Waals surface area (Å²) in [4.78, 5) is 19.1. The van der Waals surface area contributed by atoms with Gasteiger partial charge in [0, 0.05) is 27.1 Å². The normalized spacial score (nSPS) is 11.8. The lowest BCUT2D eigenvalue weighted by Gasteiger charge is -2.17. The Kier molecular flexibility index (Phi) is 7.54. The van der Waals surface area contributed by atoms with Crippen molar-refractivity contribution < 1.29 is 9.53 Å². The minimum Gasteiger partial charge on any atom is -0.393 e. The Morgan fingerprint density at radius 2 is 1.94 bits per heavy atom. The number of hydrogen-bond acceptors (Lipinski definition) is 4. The Balaban J connectivity index is 4.16. The number of ether oxygens (including phenoxy) is 1. The summed E-state index contributed by atoms with van der Waals surface area (Å²) in [5.41, 5.74) is 0. The van der Waals surface area contributed by atoms with E-state index in [0.717, 1.165) is 19.5 Å². The molecule has 0 aliphatic heterocycles. The van der Waals surface area contributed by atoms with Gasteiger partial charge in [-0.2, -0.15) is 0 Å². The van der Waals surface area contributed by atoms with Gasteiger partial charge in [0.2, 0.25) is 0 Å². The van der Waals surface area contributed by atoms with Crippen molar-refractivity contribution in [3.05, 3.63) is 0 Å². The predicted octanol–water partition coefficient (Wildman–Crippen LogP) is 0.809. The maximum atomic E-state index is 10.9. The second kappa shape index (κ2) is 8.10. The zero-order chi connectivity index (χ0) is 12.6. The molecule has 0 aliphatic rings. The van der Waals surface area contributed by atoms with E-state index >= 15 is 0 Å². The quantitative estimate of drug-likeness (QED) is 0.303. The molecule has 0 bridgehead atoms. The first-order valence-corrected chi connectivity index (χ1v) is 5.56. The third-order valence-electron chi connectivity index (χ3n) is 2.05. The molecule has 0 saturated carbocycles. The van der Waals surface area contributed by atoms with Crippen LogP contribution in [0.2, 0.25) is 0 Å². The fourth-order valence-corrected chi connectivity index (χ4v) is 1.06. The molecule has 0 rings (SSSR count). The van der Waals surface area contributed by atoms with Gasteiger partial charge < -0.3 is 14.5 Å². The van der Waals surface area contributed by atoms with E-state index in [9.17, 15) is 4.79 Å². The van der Waals surface area contributed by atoms with Crippen LogP contribution >= 0.6 is 0 Å². The molecule has 0 fully saturated rings. The average Bonchev–Trinajstić information content (AvgIpc) is 2.20. The van der Waals surface area contributed by atoms with Crippen molar-refractivity contribution >= 4 is 12.0 Å². The van der Waals surface area contributed by atoms with Crippen LogP contribution in [0.5, 0.6) is 0 Å². The summed E-state index contributed by atoms with van der Waals surface area (Å²) < 4.78 is 5.03. The van der Waals surface area contributed by atoms with Gasteiger partial charge in [-0.1, -0.05) is 0 Å². The van der Waals surface area contributed by atoms with Gasteiger partial charge >= 0.3 is 5.97 Å². The molecule has 0 heterocycles. The summed E-state index contributed by atoms with van der Waals surface area (Å²) in [6, 6.07) is 0.411. The molecular formula is C11H23N3O2. The number of nitrogens with zero attached hydrogens (tertiary/aromatic N) is 3. The van der Waals surface area contributed by atoms with Crippen molar-refractivity contribution in [2.45, 2.75) is 20.3 Å². The van der Waals surface area contributed by atoms with Crippen molar-refractivity contribution in [3.8, 4) is 0 Å². The summed E-state index contributed by atoms with van der Waals surface area (Å²) in [5, 5.41) is 0. The molecule has 0 unspecified atom stereocenters. The lowest BCUT2D eigenvalue weighted by Crippen LogP contribution is -2.30. The second-order valence-electron chi connectivity index (χ2n) is 3.93. The number of hydrogen-bond donors (Lipinski definition) is 0. The van der Waals surface area contributed by atoms with Gasteiger partial charge in [0.15, 0.2) is 0 Å². The molecule has 0 aromatic rings. The minimum absolute atomic E-state index is 0.327. The molecule has 0 N–H and O–H groups in total. The van der Waals surface area contributed by atoms with Crippen LogP contribution in [-0.2, 0) is 9.53 Å². The number of esters is 1. The molecule has 94 valence electrons. The van der Waals surface area contributed by atoms with Gasteiger partial charge in [-0.05, 0) is 34.0 Å². The van der Waals surface area contributed by atoms with Gasteiger partial charge in [0.1, 0.15) is 0 Å². The highest BCUT2D eigenvalue weighted by molar-refractivity contribution is 5.86. The van der Waals surface area contributed by atoms with Crippen LogP contribution in [0.4, 0.5) is 0 Å². The van der Waals surface area contributed by atoms with Gasteiger partial charge in [-0.15, -0.1) is 0 Å². The van der Waals surface area contributed by atoms with E-state index in [1.165, 1.54) is 6.92 Å². The Morgan fingerprint density at radius 3 is 2.38 bits per heavy atom. The van der Waals surface area contributed by atoms with E-state index in [0.29, 0.717) is 12.6 Å². The van der Waals surface area contributed by atoms with Gasteiger partial charge in [0.05, 0.1) is 0 Å². The molecule has 0 aliphatic carbocycles. The maximum Gasteiger partial charge on any atom is 0.310 e. The highest BCUT2D eigenvalue weighted by atomic mass is 16.6. The van der Waals surface area contributed by atoms with Crippen molar-refractivity contribution in [3.63, 3.8) is 0 Å². The van der Waals surface area contributed by atoms with E-state index in [2.05, 4.69) is 9.89 Å². The molecule has 5 heteroatoms. The number of carbonyl (C=O) groups excluding carboxylic acids is 1. The third kappa shape index (κ3) is 7.23. The summed E-state index contributed by atoms with van der Waals surface area (Å²) >= 11 is 0. The molecule has 16 heavy (non-hydrogen) atoms. The van der Waals surface area contributed by atoms with Crippen LogP contribution in [0.1, 0.15) is 20.3 Å². The van der Waals surface area contributed by atoms with Crippen LogP contribution in [0.25, 0.3) is 0 Å². The standard InChI is InChI=1S/C11H23N3O2/c1-6-14(5)11(16-10(2)15)12-8-7-9-13(3)4/h6-9H2,1-5H3/b12-11-. The molecule has 0 aromatic carbocycles. The molecule has 0 spiro atoms. The van der Waals surface area contributed by atoms with Crippen molar-refractivity contribution in [2.24, 2.45) is 4.99 Å². The molecule has 0 amide bonds. The van der Waals surface area contributed by atoms with Crippen molar-refractivity contribution in [1.29, 1.82) is 0 Å². The summed E-state index contributed by atoms with van der Waals surface area (Å²) in [7, 11) is 5.90. The SMILES string of the molecule is CCN(C)/C(=N/CCCN(C)C)OC(C)=O. The van der Waals surface area contributed by atoms with E-state index in [4.69, 9.17) is 4.74 Å². The first-order valence-electron chi connectivity index (χ1n) is 5.56. The lowest BCUT2D eigenvalue weighted by atomic mass is 10.4. The Labute approximate surface area is 98.1 Å². The number of rotatable bonds is 5. The van der Waals surface area contributed by atoms with E-state index in [-0.39, 0.29) is 5.97 Å². The Bertz CT molecular complexity index is 239. The predicted molar refractivity (Wildman–Crippen MR) is 65.5 cm³/mol. The monoisotopic (exact) mass is 229 g/mol. The van der Waals surface area contributed by atoms with Crippen LogP contribution < -0.4 is 0 Å². The number of carbonyl (C=O) groups is 1. The van der Waals surface area contributed by atoms with Crippen molar-refractivity contribution in [1.82, 2.24) is 9.80 Å². The van der Waals surface area contributed by atoms with Crippen LogP contribution in [-0.4, -0.2) is 62.6 Å². The molecule has 0 atom stereocenters. The van der Waals surface area contributed by atoms with E-state index in [1.54, 1.807) is 0 Å². The number of aliphatic imine (C=N–C) groups is 1. The van der Waals surface area contributed by atoms with Gasteiger partial charge in [-0.25, -0.2) is 4.99 Å². The fourth-order valence-electron chi connectivity index (χ4n) is 1.06. The zero-order valence-corrected chi connectivity index (χ0v) is 11.0. The zero-order valence-electron chi connectivity index (χ0n) is 11.0. The molecule has 5 nitrogen and oxygen atoms in total. The first-order chi connectivity index (χ1) is 7.47. The Morgan fingerprint density at radius 1 is 1.31 bits per heavy atom. The molecule has 0 radical (unpaired) electrons. The largest absolute Gasteiger partial charge is 0.393 e. The lowest BCUT2D eigenvalue weighted by molar-refractivity contribution is -0.133. The van der Waals surface area contributed by atoms with Crippen molar-refractivity contribution in [2.75, 3.05) is 40.8 Å². The topological polar surface area (TPSA) is 45.1 Å². The molecular weight excluding hydrogens is 206 g/mol. The first kappa shape index (κ1) is 14.9. The third-order valence-corrected chi connectivity index (χ3v) is 2.05. The average molecular weight is 229 g/mol. The fraction of sp³-hybridized carbons (Fsp3) is 0.818. The highest BCUT2D eigenvalue weighted by Gasteiger charge is 2.08. The summed E-state index contributed by atoms with van der Waals surface area (Å²) in [6.07, 6.45) is 0.954. The van der Waals surface area contributed by atoms with Crippen LogP contribution in [0, 0.1) is 0 Å². The minimum atomic E-state index is -0.327. The summed E-state index contributed by atoms with van der Waals surface area (Å²) in [6.45, 7) is 5.79. The van der Waals surface area contributed by atoms with Gasteiger partial charge in [0.25, 0.3) is 6.02 Å². The van der Waals surface area contributed by atoms with Crippen LogP contribution in [0.3, 0.4) is 0 Å². The molecule has 0 saturated heterocycles. The second-order valence-corrected chi connectivity index (χ2v) is 3.93. The Hall–Kier alpha value is -1.10. The smallest absolute Gasteiger partial charge is 0.310 e. The van der Waals surface area contributed by atoms with Gasteiger partial charge in [-0.3, -0.25) is 4.79 Å². The molecule has 0 aromatic heterocycles. The van der Waals surface area contributed by atoms with E-state index < -0.39 is 0 Å². The van der Waals surface area contributed by atoms with E-state index in [1.807, 2.05) is 33.0 Å². The maximum absolute atomic E-state index is 10.9.